The van der Waals surface area contributed by atoms with Crippen LogP contribution in [0.2, 0.25) is 10.0 Å². The summed E-state index contributed by atoms with van der Waals surface area (Å²) in [7, 11) is 0. The van der Waals surface area contributed by atoms with Crippen molar-refractivity contribution >= 4 is 44.7 Å². The summed E-state index contributed by atoms with van der Waals surface area (Å²) in [5.41, 5.74) is 3.60. The highest BCUT2D eigenvalue weighted by Gasteiger charge is 2.16. The van der Waals surface area contributed by atoms with E-state index in [1.165, 1.54) is 0 Å². The Kier molecular flexibility index (Phi) is 5.58. The fourth-order valence-corrected chi connectivity index (χ4v) is 4.31. The number of fused-ring (bicyclic) bond motifs is 2. The molecule has 0 nitrogen and oxygen atoms in total. The average molecular weight is 447 g/mol. The first-order chi connectivity index (χ1) is 15.7. The number of hydrogen-bond donors (Lipinski definition) is 0. The molecule has 0 heterocycles. The van der Waals surface area contributed by atoms with Crippen molar-refractivity contribution in [2.75, 3.05) is 0 Å². The van der Waals surface area contributed by atoms with Gasteiger partial charge in [0.05, 0.1) is 0 Å². The molecular weight excluding hydrogens is 431 g/mol. The minimum absolute atomic E-state index is 0.607. The van der Waals surface area contributed by atoms with Gasteiger partial charge in [0.15, 0.2) is 0 Å². The van der Waals surface area contributed by atoms with Crippen LogP contribution < -0.4 is 0 Å². The molecule has 0 saturated heterocycles. The summed E-state index contributed by atoms with van der Waals surface area (Å²) in [6, 6.07) is 31.6. The second-order valence-corrected chi connectivity index (χ2v) is 8.12. The van der Waals surface area contributed by atoms with E-state index in [2.05, 4.69) is 35.8 Å². The Bertz CT molecular complexity index is 1450. The zero-order valence-electron chi connectivity index (χ0n) is 17.0. The van der Waals surface area contributed by atoms with Gasteiger partial charge in [-0.05, 0) is 47.2 Å². The molecule has 0 N–H and O–H groups in total. The van der Waals surface area contributed by atoms with Crippen LogP contribution in [0.25, 0.3) is 21.5 Å². The normalized spacial score (nSPS) is 10.3. The van der Waals surface area contributed by atoms with Crippen molar-refractivity contribution in [1.29, 1.82) is 0 Å². The first-order valence-corrected chi connectivity index (χ1v) is 10.9. The van der Waals surface area contributed by atoms with Gasteiger partial charge in [-0.2, -0.15) is 0 Å². The molecule has 0 atom stereocenters. The molecule has 0 spiro atoms. The molecule has 0 fully saturated rings. The Hall–Kier alpha value is -3.68. The third-order valence-electron chi connectivity index (χ3n) is 5.28. The second kappa shape index (κ2) is 8.82. The van der Waals surface area contributed by atoms with Gasteiger partial charge in [0.2, 0.25) is 0 Å². The quantitative estimate of drug-likeness (QED) is 0.166. The van der Waals surface area contributed by atoms with Gasteiger partial charge in [-0.25, -0.2) is 0 Å². The molecule has 0 aromatic heterocycles. The van der Waals surface area contributed by atoms with Crippen molar-refractivity contribution in [3.63, 3.8) is 0 Å². The molecule has 150 valence electrons. The summed E-state index contributed by atoms with van der Waals surface area (Å²) < 4.78 is 0. The van der Waals surface area contributed by atoms with Gasteiger partial charge < -0.3 is 0 Å². The lowest BCUT2D eigenvalue weighted by atomic mass is 9.91. The lowest BCUT2D eigenvalue weighted by molar-refractivity contribution is 1.64. The largest absolute Gasteiger partial charge is 0.0836 e. The topological polar surface area (TPSA) is 0 Å². The Morgan fingerprint density at radius 2 is 0.781 bits per heavy atom. The zero-order chi connectivity index (χ0) is 21.9. The van der Waals surface area contributed by atoms with Gasteiger partial charge in [0.25, 0.3) is 0 Å². The minimum Gasteiger partial charge on any atom is -0.0836 e. The molecule has 5 aromatic carbocycles. The lowest BCUT2D eigenvalue weighted by Gasteiger charge is -2.13. The van der Waals surface area contributed by atoms with Crippen molar-refractivity contribution in [2.24, 2.45) is 0 Å². The van der Waals surface area contributed by atoms with E-state index >= 15 is 0 Å². The predicted octanol–water partition coefficient (Wildman–Crippen LogP) is 8.10. The molecule has 0 radical (unpaired) electrons. The molecule has 0 saturated carbocycles. The highest BCUT2D eigenvalue weighted by atomic mass is 35.5. The summed E-state index contributed by atoms with van der Waals surface area (Å²) in [5.74, 6) is 13.3. The highest BCUT2D eigenvalue weighted by molar-refractivity contribution is 6.42. The number of halogens is 2. The number of benzene rings is 5. The molecule has 0 unspecified atom stereocenters. The van der Waals surface area contributed by atoms with Crippen molar-refractivity contribution < 1.29 is 0 Å². The van der Waals surface area contributed by atoms with Crippen molar-refractivity contribution in [2.45, 2.75) is 0 Å². The molecule has 5 aromatic rings. The zero-order valence-corrected chi connectivity index (χ0v) is 18.5. The summed E-state index contributed by atoms with van der Waals surface area (Å²) in [4.78, 5) is 0. The number of hydrogen-bond acceptors (Lipinski definition) is 0. The van der Waals surface area contributed by atoms with Crippen molar-refractivity contribution in [3.8, 4) is 23.7 Å². The van der Waals surface area contributed by atoms with Crippen LogP contribution in [0.1, 0.15) is 22.3 Å². The Morgan fingerprint density at radius 1 is 0.406 bits per heavy atom. The Balaban J connectivity index is 1.88. The maximum absolute atomic E-state index is 6.73. The van der Waals surface area contributed by atoms with E-state index in [1.807, 2.05) is 84.9 Å². The first kappa shape index (κ1) is 20.2. The van der Waals surface area contributed by atoms with E-state index in [-0.39, 0.29) is 0 Å². The molecule has 2 heteroatoms. The average Bonchev–Trinajstić information content (AvgIpc) is 2.84. The van der Waals surface area contributed by atoms with E-state index in [9.17, 15) is 0 Å². The van der Waals surface area contributed by atoms with Gasteiger partial charge in [-0.3, -0.25) is 0 Å². The van der Waals surface area contributed by atoms with Gasteiger partial charge in [0.1, 0.15) is 0 Å². The summed E-state index contributed by atoms with van der Waals surface area (Å²) in [6.07, 6.45) is 0. The van der Waals surface area contributed by atoms with Crippen LogP contribution in [0.3, 0.4) is 0 Å². The molecule has 0 amide bonds. The fourth-order valence-electron chi connectivity index (χ4n) is 3.80. The molecule has 0 bridgehead atoms. The number of rotatable bonds is 0. The van der Waals surface area contributed by atoms with E-state index in [0.29, 0.717) is 10.0 Å². The van der Waals surface area contributed by atoms with Crippen LogP contribution in [-0.4, -0.2) is 0 Å². The standard InChI is InChI=1S/C30H16Cl2/c31-27-19-20-28(32)30-26(18-16-22-11-5-2-6-12-22)24-14-8-7-13-23(24)25(29(27)30)17-15-21-9-3-1-4-10-21/h1-14,19-20H. The summed E-state index contributed by atoms with van der Waals surface area (Å²) >= 11 is 13.5. The highest BCUT2D eigenvalue weighted by Crippen LogP contribution is 2.39. The van der Waals surface area contributed by atoms with Crippen LogP contribution in [-0.2, 0) is 0 Å². The van der Waals surface area contributed by atoms with Crippen molar-refractivity contribution in [3.05, 3.63) is 129 Å². The lowest BCUT2D eigenvalue weighted by Crippen LogP contribution is -1.92. The molecular formula is C30H16Cl2. The van der Waals surface area contributed by atoms with Crippen LogP contribution >= 0.6 is 23.2 Å². The van der Waals surface area contributed by atoms with Gasteiger partial charge >= 0.3 is 0 Å². The third kappa shape index (κ3) is 3.84. The molecule has 32 heavy (non-hydrogen) atoms. The minimum atomic E-state index is 0.607. The SMILES string of the molecule is Clc1ccc(Cl)c2c(C#Cc3ccccc3)c3ccccc3c(C#Cc3ccccc3)c12. The fraction of sp³-hybridized carbons (Fsp3) is 0. The van der Waals surface area contributed by atoms with Crippen LogP contribution in [0.15, 0.2) is 97.1 Å². The molecule has 0 aliphatic heterocycles. The Morgan fingerprint density at radius 3 is 1.19 bits per heavy atom. The summed E-state index contributed by atoms with van der Waals surface area (Å²) in [6.45, 7) is 0. The molecule has 5 rings (SSSR count). The van der Waals surface area contributed by atoms with Crippen LogP contribution in [0, 0.1) is 23.7 Å². The maximum Gasteiger partial charge on any atom is 0.0498 e. The van der Waals surface area contributed by atoms with Gasteiger partial charge in [0, 0.05) is 43.1 Å². The van der Waals surface area contributed by atoms with E-state index in [0.717, 1.165) is 43.8 Å². The Labute approximate surface area is 197 Å². The first-order valence-electron chi connectivity index (χ1n) is 10.2. The van der Waals surface area contributed by atoms with Gasteiger partial charge in [-0.1, -0.05) is 108 Å². The van der Waals surface area contributed by atoms with Gasteiger partial charge in [-0.15, -0.1) is 0 Å². The van der Waals surface area contributed by atoms with E-state index < -0.39 is 0 Å². The summed E-state index contributed by atoms with van der Waals surface area (Å²) in [5, 5.41) is 4.89. The predicted molar refractivity (Wildman–Crippen MR) is 136 cm³/mol. The van der Waals surface area contributed by atoms with Crippen LogP contribution in [0.4, 0.5) is 0 Å². The van der Waals surface area contributed by atoms with E-state index in [4.69, 9.17) is 23.2 Å². The molecule has 0 aliphatic carbocycles. The third-order valence-corrected chi connectivity index (χ3v) is 5.91. The second-order valence-electron chi connectivity index (χ2n) is 7.31. The van der Waals surface area contributed by atoms with E-state index in [1.54, 1.807) is 0 Å². The van der Waals surface area contributed by atoms with Crippen LogP contribution in [0.5, 0.6) is 0 Å². The maximum atomic E-state index is 6.73. The smallest absolute Gasteiger partial charge is 0.0498 e. The molecule has 0 aliphatic rings. The van der Waals surface area contributed by atoms with Crippen molar-refractivity contribution in [1.82, 2.24) is 0 Å². The monoisotopic (exact) mass is 446 g/mol.